The summed E-state index contributed by atoms with van der Waals surface area (Å²) in [6.07, 6.45) is -2.21. The summed E-state index contributed by atoms with van der Waals surface area (Å²) < 4.78 is 34.3. The molecule has 1 aromatic heterocycles. The number of methoxy groups -OCH3 is 1. The first-order valence-electron chi connectivity index (χ1n) is 15.6. The highest BCUT2D eigenvalue weighted by Crippen LogP contribution is 2.81. The lowest BCUT2D eigenvalue weighted by Crippen LogP contribution is -2.82. The molecule has 252 valence electrons. The number of aliphatic hydroxyl groups is 2. The third-order valence-corrected chi connectivity index (χ3v) is 12.7. The number of hydrogen-bond donors (Lipinski definition) is 2. The summed E-state index contributed by atoms with van der Waals surface area (Å²) in [4.78, 5) is 64.6. The lowest BCUT2D eigenvalue weighted by atomic mass is 9.36. The van der Waals surface area contributed by atoms with Crippen LogP contribution < -0.4 is 0 Å². The molecule has 2 N–H and O–H groups in total. The molecule has 0 amide bonds. The molecule has 5 fully saturated rings. The minimum atomic E-state index is -2.07. The first kappa shape index (κ1) is 32.5. The summed E-state index contributed by atoms with van der Waals surface area (Å²) in [5, 5.41) is 26.4. The molecule has 0 unspecified atom stereocenters. The second-order valence-electron chi connectivity index (χ2n) is 14.6. The van der Waals surface area contributed by atoms with Gasteiger partial charge in [-0.15, -0.1) is 0 Å². The van der Waals surface area contributed by atoms with Crippen LogP contribution in [0, 0.1) is 39.9 Å². The Hall–Kier alpha value is -3.45. The Morgan fingerprint density at radius 3 is 2.15 bits per heavy atom. The van der Waals surface area contributed by atoms with Gasteiger partial charge in [0.05, 0.1) is 43.0 Å². The van der Waals surface area contributed by atoms with Crippen molar-refractivity contribution in [3.8, 4) is 0 Å². The molecular formula is C33H42O13. The van der Waals surface area contributed by atoms with Gasteiger partial charge in [-0.2, -0.15) is 0 Å². The molecule has 5 aliphatic rings. The molecule has 13 heteroatoms. The highest BCUT2D eigenvalue weighted by atomic mass is 16.6. The van der Waals surface area contributed by atoms with Gasteiger partial charge in [0.1, 0.15) is 30.0 Å². The van der Waals surface area contributed by atoms with E-state index in [4.69, 9.17) is 28.1 Å². The lowest BCUT2D eigenvalue weighted by Gasteiger charge is -2.72. The predicted molar refractivity (Wildman–Crippen MR) is 153 cm³/mol. The Labute approximate surface area is 266 Å². The van der Waals surface area contributed by atoms with E-state index >= 15 is 0 Å². The van der Waals surface area contributed by atoms with Crippen molar-refractivity contribution >= 4 is 29.8 Å². The smallest absolute Gasteiger partial charge is 0.306 e. The first-order chi connectivity index (χ1) is 21.4. The lowest BCUT2D eigenvalue weighted by molar-refractivity contribution is -0.365. The van der Waals surface area contributed by atoms with Crippen molar-refractivity contribution in [2.75, 3.05) is 7.11 Å². The second kappa shape index (κ2) is 10.3. The van der Waals surface area contributed by atoms with E-state index in [9.17, 15) is 34.2 Å². The molecule has 1 saturated heterocycles. The van der Waals surface area contributed by atoms with Gasteiger partial charge in [-0.25, -0.2) is 0 Å². The van der Waals surface area contributed by atoms with Crippen LogP contribution in [0.5, 0.6) is 0 Å². The molecule has 2 bridgehead atoms. The monoisotopic (exact) mass is 646 g/mol. The van der Waals surface area contributed by atoms with E-state index in [-0.39, 0.29) is 25.7 Å². The average Bonchev–Trinajstić information content (AvgIpc) is 3.61. The van der Waals surface area contributed by atoms with Gasteiger partial charge in [0.15, 0.2) is 0 Å². The number of esters is 5. The Morgan fingerprint density at radius 1 is 0.957 bits per heavy atom. The van der Waals surface area contributed by atoms with E-state index in [0.29, 0.717) is 5.56 Å². The number of rotatable bonds is 6. The molecule has 0 radical (unpaired) electrons. The van der Waals surface area contributed by atoms with E-state index < -0.39 is 105 Å². The van der Waals surface area contributed by atoms with Crippen molar-refractivity contribution in [2.24, 2.45) is 39.9 Å². The van der Waals surface area contributed by atoms with Crippen LogP contribution in [0.2, 0.25) is 0 Å². The van der Waals surface area contributed by atoms with Crippen LogP contribution in [-0.2, 0) is 47.7 Å². The Balaban J connectivity index is 1.64. The highest BCUT2D eigenvalue weighted by Gasteiger charge is 2.89. The van der Waals surface area contributed by atoms with Gasteiger partial charge in [0, 0.05) is 55.4 Å². The second-order valence-corrected chi connectivity index (χ2v) is 14.6. The summed E-state index contributed by atoms with van der Waals surface area (Å²) in [7, 11) is 1.25. The maximum absolute atomic E-state index is 13.5. The number of fused-ring (bicyclic) bond motifs is 5. The Kier molecular flexibility index (Phi) is 7.26. The molecule has 46 heavy (non-hydrogen) atoms. The van der Waals surface area contributed by atoms with Crippen molar-refractivity contribution in [3.63, 3.8) is 0 Å². The molecule has 2 heterocycles. The van der Waals surface area contributed by atoms with Crippen LogP contribution in [0.4, 0.5) is 0 Å². The number of carbonyl (C=O) groups excluding carboxylic acids is 5. The van der Waals surface area contributed by atoms with Crippen LogP contribution in [0.15, 0.2) is 23.0 Å². The van der Waals surface area contributed by atoms with Crippen molar-refractivity contribution in [2.45, 2.75) is 103 Å². The van der Waals surface area contributed by atoms with E-state index in [1.165, 1.54) is 40.4 Å². The van der Waals surface area contributed by atoms with Gasteiger partial charge in [-0.3, -0.25) is 24.0 Å². The van der Waals surface area contributed by atoms with Gasteiger partial charge in [0.2, 0.25) is 0 Å². The number of ether oxygens (including phenoxy) is 5. The highest BCUT2D eigenvalue weighted by molar-refractivity contribution is 5.73. The molecule has 0 spiro atoms. The fourth-order valence-corrected chi connectivity index (χ4v) is 11.2. The molecule has 0 aromatic carbocycles. The standard InChI is InChI=1S/C33H42O13/c1-15(34)43-22-10-21-31(6)19(11-23(37)41-7)29(4)14-32(31,39)25(27(29)44-16(2)35)28(45-17(3)36)33(21,40)20-12-24(38)46-26(30(20,22)5)18-8-9-42-13-18/h8-9,13,19-22,25-28,39-40H,10-12,14H2,1-7H3/t19-,20+,21-,22-,25+,26-,27-,28-,29+,30-,31-,32-,33+/m1/s1. The van der Waals surface area contributed by atoms with E-state index in [1.807, 2.05) is 6.92 Å². The molecule has 1 aliphatic heterocycles. The third kappa shape index (κ3) is 3.96. The molecular weight excluding hydrogens is 604 g/mol. The zero-order valence-corrected chi connectivity index (χ0v) is 27.1. The quantitative estimate of drug-likeness (QED) is 0.339. The Morgan fingerprint density at radius 2 is 1.59 bits per heavy atom. The first-order valence-corrected chi connectivity index (χ1v) is 15.6. The van der Waals surface area contributed by atoms with E-state index in [1.54, 1.807) is 19.9 Å². The Bertz CT molecular complexity index is 1470. The van der Waals surface area contributed by atoms with Crippen molar-refractivity contribution in [3.05, 3.63) is 24.2 Å². The van der Waals surface area contributed by atoms with Crippen LogP contribution in [0.1, 0.15) is 78.9 Å². The molecule has 4 aliphatic carbocycles. The van der Waals surface area contributed by atoms with Crippen LogP contribution >= 0.6 is 0 Å². The molecule has 13 atom stereocenters. The predicted octanol–water partition coefficient (Wildman–Crippen LogP) is 2.41. The minimum absolute atomic E-state index is 0.0374. The largest absolute Gasteiger partial charge is 0.472 e. The fraction of sp³-hybridized carbons (Fsp3) is 0.727. The third-order valence-electron chi connectivity index (χ3n) is 12.7. The average molecular weight is 647 g/mol. The van der Waals surface area contributed by atoms with E-state index in [0.717, 1.165) is 0 Å². The van der Waals surface area contributed by atoms with Crippen LogP contribution in [-0.4, -0.2) is 76.7 Å². The maximum Gasteiger partial charge on any atom is 0.306 e. The summed E-state index contributed by atoms with van der Waals surface area (Å²) in [5.41, 5.74) is -6.95. The number of hydrogen-bond acceptors (Lipinski definition) is 13. The fourth-order valence-electron chi connectivity index (χ4n) is 11.2. The summed E-state index contributed by atoms with van der Waals surface area (Å²) >= 11 is 0. The topological polar surface area (TPSA) is 185 Å². The maximum atomic E-state index is 13.5. The van der Waals surface area contributed by atoms with Crippen LogP contribution in [0.3, 0.4) is 0 Å². The molecule has 1 aromatic rings. The molecule has 13 nitrogen and oxygen atoms in total. The zero-order valence-electron chi connectivity index (χ0n) is 27.1. The zero-order chi connectivity index (χ0) is 33.8. The van der Waals surface area contributed by atoms with Gasteiger partial charge in [0.25, 0.3) is 0 Å². The van der Waals surface area contributed by atoms with Gasteiger partial charge < -0.3 is 38.3 Å². The number of cyclic esters (lactones) is 1. The van der Waals surface area contributed by atoms with Crippen molar-refractivity contribution < 1.29 is 62.3 Å². The SMILES string of the molecule is COC(=O)C[C@@H]1[C@]2(C)C[C@@]3(O)[C@@H]([C@H]2OC(C)=O)[C@@H](OC(C)=O)[C@]2(O)[C@H]4CC(=O)O[C@H](c5ccoc5)[C@@]4(C)[C@H](OC(C)=O)C[C@@H]2[C@@]13C. The van der Waals surface area contributed by atoms with Crippen molar-refractivity contribution in [1.82, 2.24) is 0 Å². The van der Waals surface area contributed by atoms with Gasteiger partial charge in [-0.1, -0.05) is 20.8 Å². The normalized spacial score (nSPS) is 46.8. The molecule has 6 rings (SSSR count). The van der Waals surface area contributed by atoms with Crippen molar-refractivity contribution in [1.29, 1.82) is 0 Å². The summed E-state index contributed by atoms with van der Waals surface area (Å²) in [6, 6.07) is 1.62. The minimum Gasteiger partial charge on any atom is -0.472 e. The molecule has 4 saturated carbocycles. The van der Waals surface area contributed by atoms with Gasteiger partial charge in [-0.05, 0) is 24.8 Å². The number of carbonyl (C=O) groups is 5. The summed E-state index contributed by atoms with van der Waals surface area (Å²) in [5.74, 6) is -7.12. The van der Waals surface area contributed by atoms with Crippen LogP contribution in [0.25, 0.3) is 0 Å². The number of furan rings is 1. The summed E-state index contributed by atoms with van der Waals surface area (Å²) in [6.45, 7) is 9.03. The van der Waals surface area contributed by atoms with E-state index in [2.05, 4.69) is 0 Å². The van der Waals surface area contributed by atoms with Gasteiger partial charge >= 0.3 is 29.8 Å².